The van der Waals surface area contributed by atoms with Crippen molar-refractivity contribution < 1.29 is 19.4 Å². The third kappa shape index (κ3) is 3.52. The van der Waals surface area contributed by atoms with Crippen LogP contribution < -0.4 is 0 Å². The van der Waals surface area contributed by atoms with Gasteiger partial charge in [0, 0.05) is 22.5 Å². The number of carboxylic acid groups (broad SMARTS) is 1. The Labute approximate surface area is 141 Å². The first-order valence-corrected chi connectivity index (χ1v) is 8.15. The summed E-state index contributed by atoms with van der Waals surface area (Å²) in [6.07, 6.45) is -0.984. The minimum Gasteiger partial charge on any atom is -0.479 e. The number of halogens is 1. The van der Waals surface area contributed by atoms with Gasteiger partial charge in [0.15, 0.2) is 6.10 Å². The van der Waals surface area contributed by atoms with E-state index in [2.05, 4.69) is 4.98 Å². The number of aliphatic carboxylic acids is 1. The lowest BCUT2D eigenvalue weighted by molar-refractivity contribution is -0.154. The molecule has 2 aromatic rings. The molecule has 0 unspecified atom stereocenters. The summed E-state index contributed by atoms with van der Waals surface area (Å²) in [4.78, 5) is 29.3. The number of rotatable bonds is 3. The average molecular weight is 353 g/mol. The Morgan fingerprint density at radius 3 is 2.78 bits per heavy atom. The minimum absolute atomic E-state index is 0.0297. The minimum atomic E-state index is -1.07. The summed E-state index contributed by atoms with van der Waals surface area (Å²) in [5.74, 6) is -1.35. The van der Waals surface area contributed by atoms with E-state index in [9.17, 15) is 9.59 Å². The van der Waals surface area contributed by atoms with Crippen molar-refractivity contribution in [2.45, 2.75) is 6.10 Å². The van der Waals surface area contributed by atoms with Gasteiger partial charge in [0.25, 0.3) is 5.91 Å². The highest BCUT2D eigenvalue weighted by molar-refractivity contribution is 7.13. The van der Waals surface area contributed by atoms with Gasteiger partial charge in [-0.15, -0.1) is 11.3 Å². The summed E-state index contributed by atoms with van der Waals surface area (Å²) in [6.45, 7) is 0.593. The van der Waals surface area contributed by atoms with Crippen LogP contribution in [0.15, 0.2) is 29.6 Å². The fraction of sp³-hybridized carbons (Fsp3) is 0.267. The van der Waals surface area contributed by atoms with Crippen LogP contribution >= 0.6 is 22.9 Å². The van der Waals surface area contributed by atoms with E-state index in [1.807, 2.05) is 12.1 Å². The van der Waals surface area contributed by atoms with E-state index in [4.69, 9.17) is 21.4 Å². The first kappa shape index (κ1) is 15.9. The van der Waals surface area contributed by atoms with E-state index in [-0.39, 0.29) is 19.1 Å². The van der Waals surface area contributed by atoms with Crippen LogP contribution in [0.3, 0.4) is 0 Å². The Morgan fingerprint density at radius 1 is 1.35 bits per heavy atom. The molecule has 1 aromatic carbocycles. The molecule has 0 saturated carbocycles. The van der Waals surface area contributed by atoms with Crippen LogP contribution in [0.2, 0.25) is 5.02 Å². The zero-order chi connectivity index (χ0) is 16.4. The first-order chi connectivity index (χ1) is 11.0. The number of nitrogens with zero attached hydrogens (tertiary/aromatic N) is 2. The molecule has 2 heterocycles. The third-order valence-corrected chi connectivity index (χ3v) is 4.59. The topological polar surface area (TPSA) is 79.7 Å². The quantitative estimate of drug-likeness (QED) is 0.917. The maximum absolute atomic E-state index is 12.5. The van der Waals surface area contributed by atoms with Crippen molar-refractivity contribution in [1.29, 1.82) is 0 Å². The molecule has 0 aliphatic carbocycles. The summed E-state index contributed by atoms with van der Waals surface area (Å²) < 4.78 is 5.12. The molecule has 1 atom stereocenters. The van der Waals surface area contributed by atoms with Gasteiger partial charge >= 0.3 is 5.97 Å². The third-order valence-electron chi connectivity index (χ3n) is 3.44. The normalized spacial score (nSPS) is 18.0. The second kappa shape index (κ2) is 6.66. The van der Waals surface area contributed by atoms with E-state index < -0.39 is 12.1 Å². The van der Waals surface area contributed by atoms with Gasteiger partial charge in [0.2, 0.25) is 0 Å². The van der Waals surface area contributed by atoms with E-state index in [1.54, 1.807) is 17.5 Å². The summed E-state index contributed by atoms with van der Waals surface area (Å²) in [5, 5.41) is 12.0. The van der Waals surface area contributed by atoms with Gasteiger partial charge in [-0.2, -0.15) is 0 Å². The van der Waals surface area contributed by atoms with Crippen LogP contribution in [-0.4, -0.2) is 52.7 Å². The molecule has 0 spiro atoms. The van der Waals surface area contributed by atoms with E-state index in [0.717, 1.165) is 5.56 Å². The Bertz CT molecular complexity index is 731. The molecular weight excluding hydrogens is 340 g/mol. The highest BCUT2D eigenvalue weighted by Crippen LogP contribution is 2.25. The van der Waals surface area contributed by atoms with Gasteiger partial charge in [-0.3, -0.25) is 4.79 Å². The number of aromatic nitrogens is 1. The molecule has 120 valence electrons. The molecule has 0 radical (unpaired) electrons. The van der Waals surface area contributed by atoms with Crippen molar-refractivity contribution in [2.24, 2.45) is 0 Å². The van der Waals surface area contributed by atoms with Gasteiger partial charge < -0.3 is 14.7 Å². The number of ether oxygens (including phenoxy) is 1. The van der Waals surface area contributed by atoms with Gasteiger partial charge in [-0.25, -0.2) is 9.78 Å². The SMILES string of the molecule is O=C(O)[C@@H]1CN(C(=O)c2csc(-c3ccc(Cl)cc3)n2)CCO1. The molecule has 1 aliphatic rings. The highest BCUT2D eigenvalue weighted by Gasteiger charge is 2.30. The fourth-order valence-corrected chi connectivity index (χ4v) is 3.17. The van der Waals surface area contributed by atoms with Gasteiger partial charge in [-0.1, -0.05) is 23.7 Å². The molecule has 1 aliphatic heterocycles. The number of amides is 1. The van der Waals surface area contributed by atoms with Crippen molar-refractivity contribution in [2.75, 3.05) is 19.7 Å². The lowest BCUT2D eigenvalue weighted by Crippen LogP contribution is -2.48. The molecule has 1 saturated heterocycles. The summed E-state index contributed by atoms with van der Waals surface area (Å²) in [5.41, 5.74) is 1.19. The monoisotopic (exact) mass is 352 g/mol. The Kier molecular flexibility index (Phi) is 4.61. The van der Waals surface area contributed by atoms with Crippen molar-refractivity contribution >= 4 is 34.8 Å². The van der Waals surface area contributed by atoms with Crippen LogP contribution in [0.25, 0.3) is 10.6 Å². The first-order valence-electron chi connectivity index (χ1n) is 6.90. The molecule has 1 aromatic heterocycles. The van der Waals surface area contributed by atoms with Crippen LogP contribution in [-0.2, 0) is 9.53 Å². The number of thiazole rings is 1. The molecule has 1 amide bonds. The number of carbonyl (C=O) groups excluding carboxylic acids is 1. The van der Waals surface area contributed by atoms with Crippen molar-refractivity contribution in [1.82, 2.24) is 9.88 Å². The summed E-state index contributed by atoms with van der Waals surface area (Å²) in [7, 11) is 0. The molecule has 23 heavy (non-hydrogen) atoms. The number of benzene rings is 1. The van der Waals surface area contributed by atoms with Crippen molar-refractivity contribution in [3.05, 3.63) is 40.4 Å². The second-order valence-electron chi connectivity index (χ2n) is 4.99. The van der Waals surface area contributed by atoms with E-state index >= 15 is 0 Å². The molecular formula is C15H13ClN2O4S. The summed E-state index contributed by atoms with van der Waals surface area (Å²) in [6, 6.07) is 7.20. The van der Waals surface area contributed by atoms with Gasteiger partial charge in [-0.05, 0) is 12.1 Å². The molecule has 1 fully saturated rings. The van der Waals surface area contributed by atoms with Gasteiger partial charge in [0.1, 0.15) is 10.7 Å². The molecule has 8 heteroatoms. The second-order valence-corrected chi connectivity index (χ2v) is 6.29. The highest BCUT2D eigenvalue weighted by atomic mass is 35.5. The predicted molar refractivity (Wildman–Crippen MR) is 85.8 cm³/mol. The van der Waals surface area contributed by atoms with E-state index in [0.29, 0.717) is 22.3 Å². The fourth-order valence-electron chi connectivity index (χ4n) is 2.24. The largest absolute Gasteiger partial charge is 0.479 e. The summed E-state index contributed by atoms with van der Waals surface area (Å²) >= 11 is 7.22. The number of hydrogen-bond donors (Lipinski definition) is 1. The lowest BCUT2D eigenvalue weighted by atomic mass is 10.2. The van der Waals surface area contributed by atoms with Crippen molar-refractivity contribution in [3.8, 4) is 10.6 Å². The van der Waals surface area contributed by atoms with Crippen LogP contribution in [0.4, 0.5) is 0 Å². The maximum Gasteiger partial charge on any atom is 0.334 e. The zero-order valence-corrected chi connectivity index (χ0v) is 13.5. The maximum atomic E-state index is 12.5. The number of hydrogen-bond acceptors (Lipinski definition) is 5. The van der Waals surface area contributed by atoms with Gasteiger partial charge in [0.05, 0.1) is 13.2 Å². The zero-order valence-electron chi connectivity index (χ0n) is 11.9. The molecule has 3 rings (SSSR count). The predicted octanol–water partition coefficient (Wildman–Crippen LogP) is 2.39. The number of carbonyl (C=O) groups is 2. The number of morpholine rings is 1. The van der Waals surface area contributed by atoms with Crippen molar-refractivity contribution in [3.63, 3.8) is 0 Å². The van der Waals surface area contributed by atoms with Crippen LogP contribution in [0.1, 0.15) is 10.5 Å². The lowest BCUT2D eigenvalue weighted by Gasteiger charge is -2.30. The Hall–Kier alpha value is -1.96. The standard InChI is InChI=1S/C15H13ClN2O4S/c16-10-3-1-9(2-4-10)13-17-11(8-23-13)14(19)18-5-6-22-12(7-18)15(20)21/h1-4,8,12H,5-7H2,(H,20,21)/t12-/m0/s1. The van der Waals surface area contributed by atoms with E-state index in [1.165, 1.54) is 16.2 Å². The average Bonchev–Trinajstić information content (AvgIpc) is 3.05. The number of carboxylic acids is 1. The van der Waals surface area contributed by atoms with Crippen LogP contribution in [0, 0.1) is 0 Å². The van der Waals surface area contributed by atoms with Crippen LogP contribution in [0.5, 0.6) is 0 Å². The molecule has 6 nitrogen and oxygen atoms in total. The Balaban J connectivity index is 1.75. The molecule has 1 N–H and O–H groups in total. The molecule has 0 bridgehead atoms. The Morgan fingerprint density at radius 2 is 2.09 bits per heavy atom. The smallest absolute Gasteiger partial charge is 0.334 e.